The van der Waals surface area contributed by atoms with E-state index in [4.69, 9.17) is 0 Å². The minimum Gasteiger partial charge on any atom is -0.309 e. The topological polar surface area (TPSA) is 52.5 Å². The molecule has 3 nitrogen and oxygen atoms in total. The zero-order valence-electron chi connectivity index (χ0n) is 24.7. The first-order valence-electron chi connectivity index (χ1n) is 15.1. The van der Waals surface area contributed by atoms with Crippen molar-refractivity contribution in [2.75, 3.05) is 0 Å². The van der Waals surface area contributed by atoms with Gasteiger partial charge in [0.05, 0.1) is 40.0 Å². The SMILES string of the molecule is CC1(C)c2ccccc2-c2cc3c(cc21)sc1ccc(-c2c(C#N)cccc2-n2c4ccccc4c4cc(C#N)ccc42)cc13. The molecule has 0 fully saturated rings. The quantitative estimate of drug-likeness (QED) is 0.201. The second-order valence-electron chi connectivity index (χ2n) is 12.4. The van der Waals surface area contributed by atoms with E-state index in [0.717, 1.165) is 38.6 Å². The molecule has 4 heteroatoms. The average molecular weight is 592 g/mol. The summed E-state index contributed by atoms with van der Waals surface area (Å²) < 4.78 is 4.76. The molecular formula is C41H25N3S. The summed E-state index contributed by atoms with van der Waals surface area (Å²) in [6.07, 6.45) is 0. The molecule has 0 unspecified atom stereocenters. The molecule has 0 saturated heterocycles. The maximum atomic E-state index is 10.4. The summed E-state index contributed by atoms with van der Waals surface area (Å²) in [6, 6.07) is 45.1. The Labute approximate surface area is 264 Å². The van der Waals surface area contributed by atoms with E-state index in [9.17, 15) is 10.5 Å². The molecule has 0 atom stereocenters. The van der Waals surface area contributed by atoms with Gasteiger partial charge in [-0.15, -0.1) is 11.3 Å². The predicted octanol–water partition coefficient (Wildman–Crippen LogP) is 10.9. The van der Waals surface area contributed by atoms with E-state index in [1.54, 1.807) is 0 Å². The molecule has 0 radical (unpaired) electrons. The molecule has 45 heavy (non-hydrogen) atoms. The van der Waals surface area contributed by atoms with Crippen molar-refractivity contribution in [3.8, 4) is 40.1 Å². The van der Waals surface area contributed by atoms with E-state index in [1.807, 2.05) is 53.8 Å². The van der Waals surface area contributed by atoms with Crippen molar-refractivity contribution in [3.05, 3.63) is 138 Å². The zero-order chi connectivity index (χ0) is 30.4. The van der Waals surface area contributed by atoms with Gasteiger partial charge in [0, 0.05) is 41.9 Å². The lowest BCUT2D eigenvalue weighted by molar-refractivity contribution is 0.661. The summed E-state index contributed by atoms with van der Waals surface area (Å²) in [5.41, 5.74) is 11.5. The van der Waals surface area contributed by atoms with Crippen molar-refractivity contribution in [1.82, 2.24) is 4.57 Å². The number of rotatable bonds is 2. The number of thiophene rings is 1. The highest BCUT2D eigenvalue weighted by Gasteiger charge is 2.35. The largest absolute Gasteiger partial charge is 0.309 e. The van der Waals surface area contributed by atoms with Crippen molar-refractivity contribution >= 4 is 53.3 Å². The lowest BCUT2D eigenvalue weighted by Gasteiger charge is -2.21. The summed E-state index contributed by atoms with van der Waals surface area (Å²) in [4.78, 5) is 0. The molecule has 8 aromatic rings. The van der Waals surface area contributed by atoms with Crippen molar-refractivity contribution in [3.63, 3.8) is 0 Å². The zero-order valence-corrected chi connectivity index (χ0v) is 25.5. The molecule has 0 amide bonds. The van der Waals surface area contributed by atoms with Crippen LogP contribution in [0.25, 0.3) is 69.9 Å². The molecule has 0 saturated carbocycles. The fourth-order valence-corrected chi connectivity index (χ4v) is 8.66. The van der Waals surface area contributed by atoms with Crippen molar-refractivity contribution in [2.45, 2.75) is 19.3 Å². The number of nitriles is 2. The molecular weight excluding hydrogens is 567 g/mol. The van der Waals surface area contributed by atoms with Crippen LogP contribution >= 0.6 is 11.3 Å². The highest BCUT2D eigenvalue weighted by atomic mass is 32.1. The van der Waals surface area contributed by atoms with Crippen LogP contribution in [0.1, 0.15) is 36.1 Å². The Hall–Kier alpha value is -5.68. The van der Waals surface area contributed by atoms with Crippen molar-refractivity contribution in [2.24, 2.45) is 0 Å². The molecule has 1 aliphatic carbocycles. The first-order valence-corrected chi connectivity index (χ1v) is 15.9. The van der Waals surface area contributed by atoms with Crippen LogP contribution < -0.4 is 0 Å². The molecule has 2 aromatic heterocycles. The maximum absolute atomic E-state index is 10.4. The van der Waals surface area contributed by atoms with E-state index in [1.165, 1.54) is 42.4 Å². The third-order valence-electron chi connectivity index (χ3n) is 9.67. The van der Waals surface area contributed by atoms with Crippen LogP contribution in [0.5, 0.6) is 0 Å². The van der Waals surface area contributed by atoms with Gasteiger partial charge in [-0.25, -0.2) is 0 Å². The smallest absolute Gasteiger partial charge is 0.0998 e. The number of benzene rings is 6. The third-order valence-corrected chi connectivity index (χ3v) is 10.8. The fraction of sp³-hybridized carbons (Fsp3) is 0.0732. The van der Waals surface area contributed by atoms with Crippen LogP contribution in [0.2, 0.25) is 0 Å². The Kier molecular flexibility index (Phi) is 5.25. The van der Waals surface area contributed by atoms with Gasteiger partial charge in [-0.1, -0.05) is 68.4 Å². The van der Waals surface area contributed by atoms with E-state index in [2.05, 4.69) is 103 Å². The van der Waals surface area contributed by atoms with Crippen molar-refractivity contribution in [1.29, 1.82) is 10.5 Å². The number of aromatic nitrogens is 1. The van der Waals surface area contributed by atoms with Crippen LogP contribution in [0.15, 0.2) is 115 Å². The van der Waals surface area contributed by atoms with Gasteiger partial charge in [-0.3, -0.25) is 0 Å². The van der Waals surface area contributed by atoms with Crippen LogP contribution in [0.3, 0.4) is 0 Å². The van der Waals surface area contributed by atoms with Gasteiger partial charge in [0.1, 0.15) is 0 Å². The number of para-hydroxylation sites is 1. The Morgan fingerprint density at radius 3 is 2.27 bits per heavy atom. The van der Waals surface area contributed by atoms with E-state index in [0.29, 0.717) is 11.1 Å². The average Bonchev–Trinajstić information content (AvgIpc) is 3.68. The molecule has 0 spiro atoms. The highest BCUT2D eigenvalue weighted by molar-refractivity contribution is 7.25. The fourth-order valence-electron chi connectivity index (χ4n) is 7.55. The molecule has 0 bridgehead atoms. The van der Waals surface area contributed by atoms with Gasteiger partial charge in [-0.2, -0.15) is 10.5 Å². The summed E-state index contributed by atoms with van der Waals surface area (Å²) in [7, 11) is 0. The van der Waals surface area contributed by atoms with Crippen LogP contribution in [-0.2, 0) is 5.41 Å². The Bertz CT molecular complexity index is 2650. The minimum atomic E-state index is -0.0433. The summed E-state index contributed by atoms with van der Waals surface area (Å²) in [6.45, 7) is 4.65. The molecule has 9 rings (SSSR count). The second-order valence-corrected chi connectivity index (χ2v) is 13.5. The standard InChI is InChI=1S/C41H25N3S/c1-41(2)33-11-5-3-9-27(33)29-20-32-31-19-25(15-17-38(31)45-39(32)21-34(29)41)40-26(23-43)8-7-13-37(40)44-35-12-6-4-10-28(35)30-18-24(22-42)14-16-36(30)44/h3-21H,1-2H3. The molecule has 210 valence electrons. The Balaban J connectivity index is 1.32. The summed E-state index contributed by atoms with van der Waals surface area (Å²) in [5.74, 6) is 0. The minimum absolute atomic E-state index is 0.0433. The van der Waals surface area contributed by atoms with Gasteiger partial charge >= 0.3 is 0 Å². The number of hydrogen-bond donors (Lipinski definition) is 0. The molecule has 1 aliphatic rings. The normalized spacial score (nSPS) is 13.2. The third kappa shape index (κ3) is 3.49. The van der Waals surface area contributed by atoms with E-state index >= 15 is 0 Å². The highest BCUT2D eigenvalue weighted by Crippen LogP contribution is 2.51. The first-order chi connectivity index (χ1) is 22.0. The molecule has 0 N–H and O–H groups in total. The maximum Gasteiger partial charge on any atom is 0.0998 e. The van der Waals surface area contributed by atoms with Gasteiger partial charge < -0.3 is 4.57 Å². The summed E-state index contributed by atoms with van der Waals surface area (Å²) >= 11 is 1.83. The Morgan fingerprint density at radius 1 is 0.600 bits per heavy atom. The number of hydrogen-bond acceptors (Lipinski definition) is 3. The van der Waals surface area contributed by atoms with Gasteiger partial charge in [0.2, 0.25) is 0 Å². The monoisotopic (exact) mass is 591 g/mol. The predicted molar refractivity (Wildman–Crippen MR) is 186 cm³/mol. The lowest BCUT2D eigenvalue weighted by Crippen LogP contribution is -2.14. The second kappa shape index (κ2) is 9.16. The summed E-state index contributed by atoms with van der Waals surface area (Å²) in [5, 5.41) is 24.6. The number of nitrogens with zero attached hydrogens (tertiary/aromatic N) is 3. The van der Waals surface area contributed by atoms with E-state index in [-0.39, 0.29) is 5.41 Å². The van der Waals surface area contributed by atoms with Crippen LogP contribution in [0, 0.1) is 22.7 Å². The molecule has 0 aliphatic heterocycles. The molecule has 2 heterocycles. The van der Waals surface area contributed by atoms with Gasteiger partial charge in [0.15, 0.2) is 0 Å². The van der Waals surface area contributed by atoms with Crippen LogP contribution in [-0.4, -0.2) is 4.57 Å². The lowest BCUT2D eigenvalue weighted by atomic mass is 9.82. The molecule has 6 aromatic carbocycles. The van der Waals surface area contributed by atoms with E-state index < -0.39 is 0 Å². The van der Waals surface area contributed by atoms with Crippen molar-refractivity contribution < 1.29 is 0 Å². The number of fused-ring (bicyclic) bond motifs is 9. The van der Waals surface area contributed by atoms with Crippen LogP contribution in [0.4, 0.5) is 0 Å². The first kappa shape index (κ1) is 25.8. The Morgan fingerprint density at radius 2 is 1.40 bits per heavy atom. The van der Waals surface area contributed by atoms with Gasteiger partial charge in [-0.05, 0) is 88.5 Å². The van der Waals surface area contributed by atoms with Gasteiger partial charge in [0.25, 0.3) is 0 Å².